The second kappa shape index (κ2) is 8.02. The van der Waals surface area contributed by atoms with Crippen LogP contribution in [0.3, 0.4) is 0 Å². The summed E-state index contributed by atoms with van der Waals surface area (Å²) < 4.78 is 36.0. The second-order valence-electron chi connectivity index (χ2n) is 6.55. The Balaban J connectivity index is 1.59. The van der Waals surface area contributed by atoms with E-state index in [0.717, 1.165) is 0 Å². The molecule has 0 amide bonds. The van der Waals surface area contributed by atoms with Gasteiger partial charge in [-0.25, -0.2) is 13.6 Å². The smallest absolute Gasteiger partial charge is 0.261 e. The minimum absolute atomic E-state index is 0.0470. The van der Waals surface area contributed by atoms with Crippen LogP contribution in [0.4, 0.5) is 0 Å². The fraction of sp³-hybridized carbons (Fsp3) is 0.100. The van der Waals surface area contributed by atoms with Gasteiger partial charge in [0.2, 0.25) is 15.8 Å². The zero-order valence-corrected chi connectivity index (χ0v) is 17.1. The summed E-state index contributed by atoms with van der Waals surface area (Å²) in [7, 11) is -2.10. The number of hydrogen-bond donors (Lipinski definition) is 1. The number of aromatic nitrogens is 4. The number of ether oxygens (including phenoxy) is 1. The van der Waals surface area contributed by atoms with Crippen molar-refractivity contribution in [2.45, 2.75) is 11.5 Å². The van der Waals surface area contributed by atoms with Crippen LogP contribution in [-0.2, 0) is 23.7 Å². The second-order valence-corrected chi connectivity index (χ2v) is 8.11. The van der Waals surface area contributed by atoms with Crippen LogP contribution in [0.2, 0.25) is 0 Å². The maximum absolute atomic E-state index is 11.6. The van der Waals surface area contributed by atoms with Gasteiger partial charge in [0.1, 0.15) is 12.4 Å². The van der Waals surface area contributed by atoms with Crippen LogP contribution >= 0.6 is 0 Å². The fourth-order valence-electron chi connectivity index (χ4n) is 2.85. The van der Waals surface area contributed by atoms with Crippen molar-refractivity contribution in [1.82, 2.24) is 19.9 Å². The molecule has 2 N–H and O–H groups in total. The zero-order chi connectivity index (χ0) is 22.0. The van der Waals surface area contributed by atoms with E-state index in [1.54, 1.807) is 54.3 Å². The van der Waals surface area contributed by atoms with E-state index in [-0.39, 0.29) is 23.2 Å². The lowest BCUT2D eigenvalue weighted by Gasteiger charge is -2.07. The highest BCUT2D eigenvalue weighted by Crippen LogP contribution is 2.27. The first-order chi connectivity index (χ1) is 14.8. The van der Waals surface area contributed by atoms with Crippen molar-refractivity contribution in [2.24, 2.45) is 12.2 Å². The van der Waals surface area contributed by atoms with Crippen molar-refractivity contribution in [1.29, 1.82) is 5.26 Å². The molecule has 0 bridgehead atoms. The summed E-state index contributed by atoms with van der Waals surface area (Å²) in [4.78, 5) is 4.32. The quantitative estimate of drug-likeness (QED) is 0.483. The Kier molecular flexibility index (Phi) is 5.24. The van der Waals surface area contributed by atoms with Gasteiger partial charge in [-0.2, -0.15) is 15.3 Å². The van der Waals surface area contributed by atoms with Gasteiger partial charge in [-0.3, -0.25) is 4.68 Å². The highest BCUT2D eigenvalue weighted by molar-refractivity contribution is 7.89. The fourth-order valence-corrected chi connectivity index (χ4v) is 3.41. The third kappa shape index (κ3) is 4.30. The van der Waals surface area contributed by atoms with E-state index in [1.807, 2.05) is 0 Å². The Labute approximate surface area is 177 Å². The Morgan fingerprint density at radius 1 is 1.23 bits per heavy atom. The first-order valence-corrected chi connectivity index (χ1v) is 10.5. The van der Waals surface area contributed by atoms with E-state index < -0.39 is 10.0 Å². The monoisotopic (exact) mass is 436 g/mol. The third-order valence-corrected chi connectivity index (χ3v) is 5.41. The van der Waals surface area contributed by atoms with E-state index in [2.05, 4.69) is 21.3 Å². The maximum atomic E-state index is 11.6. The Morgan fingerprint density at radius 2 is 2.00 bits per heavy atom. The number of nitrogens with zero attached hydrogens (tertiary/aromatic N) is 5. The molecule has 4 rings (SSSR count). The van der Waals surface area contributed by atoms with Crippen LogP contribution in [0.15, 0.2) is 64.1 Å². The Bertz CT molecular complexity index is 1380. The van der Waals surface area contributed by atoms with Gasteiger partial charge in [0.15, 0.2) is 0 Å². The number of aryl methyl sites for hydroxylation is 1. The molecule has 4 aromatic rings. The molecule has 2 heterocycles. The van der Waals surface area contributed by atoms with Gasteiger partial charge in [-0.15, -0.1) is 0 Å². The Hall–Kier alpha value is -4.01. The lowest BCUT2D eigenvalue weighted by Crippen LogP contribution is -2.11. The number of sulfonamides is 1. The highest BCUT2D eigenvalue weighted by Gasteiger charge is 2.19. The normalized spacial score (nSPS) is 11.3. The molecule has 31 heavy (non-hydrogen) atoms. The molecule has 0 aliphatic heterocycles. The summed E-state index contributed by atoms with van der Waals surface area (Å²) in [5.41, 5.74) is 2.26. The van der Waals surface area contributed by atoms with Gasteiger partial charge in [-0.1, -0.05) is 17.3 Å². The maximum Gasteiger partial charge on any atom is 0.261 e. The summed E-state index contributed by atoms with van der Waals surface area (Å²) in [6, 6.07) is 14.8. The highest BCUT2D eigenvalue weighted by atomic mass is 32.2. The molecule has 156 valence electrons. The molecular formula is C20H16N6O4S. The molecule has 0 radical (unpaired) electrons. The summed E-state index contributed by atoms with van der Waals surface area (Å²) in [5.74, 6) is 1.02. The van der Waals surface area contributed by atoms with Gasteiger partial charge in [0, 0.05) is 12.6 Å². The first-order valence-electron chi connectivity index (χ1n) is 8.96. The molecule has 0 aliphatic carbocycles. The van der Waals surface area contributed by atoms with Crippen molar-refractivity contribution in [3.63, 3.8) is 0 Å². The number of benzene rings is 2. The predicted molar refractivity (Wildman–Crippen MR) is 109 cm³/mol. The Morgan fingerprint density at radius 3 is 2.71 bits per heavy atom. The molecule has 0 atom stereocenters. The average molecular weight is 436 g/mol. The largest absolute Gasteiger partial charge is 0.487 e. The number of rotatable bonds is 6. The number of primary sulfonamides is 1. The van der Waals surface area contributed by atoms with Gasteiger partial charge < -0.3 is 9.26 Å². The first kappa shape index (κ1) is 20.3. The van der Waals surface area contributed by atoms with Gasteiger partial charge in [0.25, 0.3) is 5.89 Å². The van der Waals surface area contributed by atoms with Crippen LogP contribution in [0.25, 0.3) is 22.8 Å². The van der Waals surface area contributed by atoms with Crippen molar-refractivity contribution in [3.8, 4) is 34.7 Å². The molecule has 2 aromatic heterocycles. The molecule has 0 aliphatic rings. The summed E-state index contributed by atoms with van der Waals surface area (Å²) >= 11 is 0. The standard InChI is InChI=1S/C20H16N6O4S/c1-26-18(12-29-15-7-5-13(10-21)6-8-15)17(11-23-26)20-24-19(25-30-20)14-3-2-4-16(9-14)31(22,27)28/h2-9,11H,12H2,1H3,(H2,22,27,28). The molecule has 0 saturated heterocycles. The topological polar surface area (TPSA) is 150 Å². The molecule has 2 aromatic carbocycles. The number of nitrogens with two attached hydrogens (primary N) is 1. The molecule has 0 unspecified atom stereocenters. The van der Waals surface area contributed by atoms with E-state index >= 15 is 0 Å². The van der Waals surface area contributed by atoms with E-state index in [4.69, 9.17) is 19.7 Å². The number of hydrogen-bond acceptors (Lipinski definition) is 8. The van der Waals surface area contributed by atoms with Crippen LogP contribution in [0.5, 0.6) is 5.75 Å². The molecule has 0 saturated carbocycles. The molecular weight excluding hydrogens is 420 g/mol. The lowest BCUT2D eigenvalue weighted by atomic mass is 10.2. The zero-order valence-electron chi connectivity index (χ0n) is 16.3. The van der Waals surface area contributed by atoms with E-state index in [9.17, 15) is 8.42 Å². The van der Waals surface area contributed by atoms with E-state index in [1.165, 1.54) is 12.1 Å². The minimum Gasteiger partial charge on any atom is -0.487 e. The summed E-state index contributed by atoms with van der Waals surface area (Å²) in [6.45, 7) is 0.177. The average Bonchev–Trinajstić information content (AvgIpc) is 3.39. The van der Waals surface area contributed by atoms with Crippen molar-refractivity contribution < 1.29 is 17.7 Å². The molecule has 0 fully saturated rings. The summed E-state index contributed by atoms with van der Waals surface area (Å²) in [6.07, 6.45) is 1.58. The van der Waals surface area contributed by atoms with Crippen LogP contribution in [0, 0.1) is 11.3 Å². The van der Waals surface area contributed by atoms with Crippen LogP contribution < -0.4 is 9.88 Å². The van der Waals surface area contributed by atoms with Crippen molar-refractivity contribution in [2.75, 3.05) is 0 Å². The molecule has 11 heteroatoms. The van der Waals surface area contributed by atoms with Crippen LogP contribution in [-0.4, -0.2) is 28.3 Å². The predicted octanol–water partition coefficient (Wildman–Crippen LogP) is 2.24. The van der Waals surface area contributed by atoms with Crippen molar-refractivity contribution in [3.05, 3.63) is 66.0 Å². The lowest BCUT2D eigenvalue weighted by molar-refractivity contribution is 0.295. The summed E-state index contributed by atoms with van der Waals surface area (Å²) in [5, 5.41) is 22.2. The van der Waals surface area contributed by atoms with Gasteiger partial charge in [-0.05, 0) is 36.4 Å². The molecule has 0 spiro atoms. The van der Waals surface area contributed by atoms with Crippen molar-refractivity contribution >= 4 is 10.0 Å². The third-order valence-electron chi connectivity index (χ3n) is 4.50. The SMILES string of the molecule is Cn1ncc(-c2nc(-c3cccc(S(N)(=O)=O)c3)no2)c1COc1ccc(C#N)cc1. The number of nitriles is 1. The van der Waals surface area contributed by atoms with Gasteiger partial charge in [0.05, 0.1) is 34.0 Å². The molecule has 10 nitrogen and oxygen atoms in total. The minimum atomic E-state index is -3.85. The van der Waals surface area contributed by atoms with Gasteiger partial charge >= 0.3 is 0 Å². The van der Waals surface area contributed by atoms with Crippen LogP contribution in [0.1, 0.15) is 11.3 Å². The van der Waals surface area contributed by atoms with E-state index in [0.29, 0.717) is 28.1 Å².